The molecule has 0 radical (unpaired) electrons. The van der Waals surface area contributed by atoms with Crippen LogP contribution in [0.4, 0.5) is 0 Å². The van der Waals surface area contributed by atoms with Crippen LogP contribution < -0.4 is 10.5 Å². The zero-order valence-electron chi connectivity index (χ0n) is 12.3. The third-order valence-corrected chi connectivity index (χ3v) is 3.40. The van der Waals surface area contributed by atoms with Crippen molar-refractivity contribution in [2.45, 2.75) is 13.8 Å². The minimum absolute atomic E-state index is 0.141. The summed E-state index contributed by atoms with van der Waals surface area (Å²) in [6.07, 6.45) is 0. The van der Waals surface area contributed by atoms with Crippen LogP contribution in [-0.4, -0.2) is 11.8 Å². The summed E-state index contributed by atoms with van der Waals surface area (Å²) in [5.74, 6) is 0.171. The van der Waals surface area contributed by atoms with Crippen LogP contribution in [0.15, 0.2) is 45.5 Å². The molecule has 0 amide bonds. The van der Waals surface area contributed by atoms with Crippen molar-refractivity contribution in [3.8, 4) is 5.75 Å². The molecule has 22 heavy (non-hydrogen) atoms. The van der Waals surface area contributed by atoms with Gasteiger partial charge in [-0.1, -0.05) is 13.8 Å². The Hall–Kier alpha value is -2.60. The van der Waals surface area contributed by atoms with E-state index >= 15 is 0 Å². The molecule has 5 nitrogen and oxygen atoms in total. The predicted molar refractivity (Wildman–Crippen MR) is 87.9 cm³/mol. The number of rotatable bonds is 3. The summed E-state index contributed by atoms with van der Waals surface area (Å²) in [6, 6.07) is 8.34. The fourth-order valence-corrected chi connectivity index (χ4v) is 2.39. The minimum atomic E-state index is -0.402. The number of nitrogens with two attached hydrogens (primary N) is 1. The largest absolute Gasteiger partial charge is 0.453 e. The van der Waals surface area contributed by atoms with E-state index in [1.807, 2.05) is 19.2 Å². The highest BCUT2D eigenvalue weighted by Gasteiger charge is 2.11. The summed E-state index contributed by atoms with van der Waals surface area (Å²) in [4.78, 5) is 11.8. The highest BCUT2D eigenvalue weighted by Crippen LogP contribution is 2.25. The molecule has 2 heterocycles. The quantitative estimate of drug-likeness (QED) is 0.330. The van der Waals surface area contributed by atoms with Gasteiger partial charge in [0.25, 0.3) is 0 Å². The number of furan rings is 1. The average Bonchev–Trinajstić information content (AvgIpc) is 3.18. The van der Waals surface area contributed by atoms with Crippen molar-refractivity contribution in [1.29, 1.82) is 5.41 Å². The van der Waals surface area contributed by atoms with Crippen molar-refractivity contribution >= 4 is 34.1 Å². The van der Waals surface area contributed by atoms with E-state index in [1.54, 1.807) is 35.7 Å². The number of hydrogen-bond donors (Lipinski definition) is 2. The van der Waals surface area contributed by atoms with Crippen LogP contribution in [0.1, 0.15) is 30.0 Å². The number of nitrogens with one attached hydrogen (secondary N) is 1. The van der Waals surface area contributed by atoms with Gasteiger partial charge in [0.05, 0.1) is 5.56 Å². The molecule has 0 saturated heterocycles. The molecule has 3 N–H and O–H groups in total. The number of esters is 1. The van der Waals surface area contributed by atoms with Gasteiger partial charge in [0.2, 0.25) is 0 Å². The van der Waals surface area contributed by atoms with Crippen molar-refractivity contribution in [2.75, 3.05) is 0 Å². The molecule has 0 saturated carbocycles. The number of hydrogen-bond acceptors (Lipinski definition) is 5. The van der Waals surface area contributed by atoms with Gasteiger partial charge in [-0.05, 0) is 35.7 Å². The Labute approximate surface area is 131 Å². The number of nitrogen functional groups attached to an aromatic ring is 1. The highest BCUT2D eigenvalue weighted by molar-refractivity contribution is 7.08. The number of ether oxygens (including phenoxy) is 1. The van der Waals surface area contributed by atoms with Crippen LogP contribution in [-0.2, 0) is 0 Å². The summed E-state index contributed by atoms with van der Waals surface area (Å²) in [5.41, 5.74) is 6.47. The Bertz CT molecular complexity index is 791. The van der Waals surface area contributed by atoms with E-state index in [0.717, 1.165) is 5.39 Å². The molecule has 2 aromatic heterocycles. The van der Waals surface area contributed by atoms with Crippen LogP contribution in [0.5, 0.6) is 5.75 Å². The Morgan fingerprint density at radius 3 is 2.68 bits per heavy atom. The van der Waals surface area contributed by atoms with Crippen LogP contribution in [0, 0.1) is 5.41 Å². The zero-order valence-corrected chi connectivity index (χ0v) is 13.1. The standard InChI is InChI=1S/C14H10N2O3S.C2H6/c15-13(16)12-6-9-5-10(1-2-11(9)19-12)18-14(17)8-3-4-20-7-8;1-2/h1-7H,(H3,15,16);1-2H3. The van der Waals surface area contributed by atoms with Gasteiger partial charge >= 0.3 is 5.97 Å². The first kappa shape index (κ1) is 15.8. The lowest BCUT2D eigenvalue weighted by atomic mass is 10.2. The zero-order chi connectivity index (χ0) is 16.1. The maximum absolute atomic E-state index is 11.8. The van der Waals surface area contributed by atoms with Gasteiger partial charge in [-0.3, -0.25) is 5.41 Å². The van der Waals surface area contributed by atoms with Gasteiger partial charge in [0.15, 0.2) is 11.6 Å². The molecule has 3 rings (SSSR count). The van der Waals surface area contributed by atoms with E-state index in [-0.39, 0.29) is 5.84 Å². The maximum atomic E-state index is 11.8. The number of carbonyl (C=O) groups excluding carboxylic acids is 1. The number of carbonyl (C=O) groups is 1. The molecule has 0 atom stereocenters. The molecule has 0 aliphatic heterocycles. The lowest BCUT2D eigenvalue weighted by Gasteiger charge is -2.02. The van der Waals surface area contributed by atoms with Gasteiger partial charge in [-0.25, -0.2) is 4.79 Å². The van der Waals surface area contributed by atoms with E-state index in [4.69, 9.17) is 20.3 Å². The lowest BCUT2D eigenvalue weighted by molar-refractivity contribution is 0.0735. The Balaban J connectivity index is 0.000000847. The van der Waals surface area contributed by atoms with Gasteiger partial charge < -0.3 is 14.9 Å². The van der Waals surface area contributed by atoms with Crippen molar-refractivity contribution < 1.29 is 13.9 Å². The van der Waals surface area contributed by atoms with Crippen LogP contribution in [0.2, 0.25) is 0 Å². The normalized spacial score (nSPS) is 9.91. The fraction of sp³-hybridized carbons (Fsp3) is 0.125. The third kappa shape index (κ3) is 3.35. The average molecular weight is 316 g/mol. The first-order chi connectivity index (χ1) is 10.6. The summed E-state index contributed by atoms with van der Waals surface area (Å²) in [5, 5.41) is 11.6. The smallest absolute Gasteiger partial charge is 0.344 e. The fourth-order valence-electron chi connectivity index (χ4n) is 1.76. The number of thiophene rings is 1. The van der Waals surface area contributed by atoms with E-state index in [0.29, 0.717) is 22.7 Å². The topological polar surface area (TPSA) is 89.3 Å². The number of amidine groups is 1. The molecule has 0 unspecified atom stereocenters. The molecule has 3 aromatic rings. The van der Waals surface area contributed by atoms with E-state index in [1.165, 1.54) is 11.3 Å². The summed E-state index contributed by atoms with van der Waals surface area (Å²) < 4.78 is 10.7. The molecule has 0 aliphatic rings. The van der Waals surface area contributed by atoms with E-state index < -0.39 is 5.97 Å². The monoisotopic (exact) mass is 316 g/mol. The molecule has 114 valence electrons. The Morgan fingerprint density at radius 2 is 2.05 bits per heavy atom. The van der Waals surface area contributed by atoms with Crippen molar-refractivity contribution in [3.05, 3.63) is 52.4 Å². The second kappa shape index (κ2) is 6.91. The molecular weight excluding hydrogens is 300 g/mol. The summed E-state index contributed by atoms with van der Waals surface area (Å²) >= 11 is 1.43. The molecule has 1 aromatic carbocycles. The van der Waals surface area contributed by atoms with E-state index in [2.05, 4.69) is 0 Å². The van der Waals surface area contributed by atoms with Gasteiger partial charge in [-0.15, -0.1) is 0 Å². The molecule has 0 fully saturated rings. The Morgan fingerprint density at radius 1 is 1.27 bits per heavy atom. The predicted octanol–water partition coefficient (Wildman–Crippen LogP) is 4.02. The lowest BCUT2D eigenvalue weighted by Crippen LogP contribution is -2.09. The second-order valence-electron chi connectivity index (χ2n) is 4.13. The van der Waals surface area contributed by atoms with Crippen molar-refractivity contribution in [1.82, 2.24) is 0 Å². The number of benzene rings is 1. The third-order valence-electron chi connectivity index (χ3n) is 2.72. The summed E-state index contributed by atoms with van der Waals surface area (Å²) in [6.45, 7) is 4.00. The Kier molecular flexibility index (Phi) is 4.95. The summed E-state index contributed by atoms with van der Waals surface area (Å²) in [7, 11) is 0. The van der Waals surface area contributed by atoms with Crippen molar-refractivity contribution in [3.63, 3.8) is 0 Å². The first-order valence-corrected chi connectivity index (χ1v) is 7.70. The highest BCUT2D eigenvalue weighted by atomic mass is 32.1. The molecule has 0 bridgehead atoms. The SMILES string of the molecule is CC.N=C(N)c1cc2cc(OC(=O)c3ccsc3)ccc2o1. The first-order valence-electron chi connectivity index (χ1n) is 6.76. The molecule has 0 spiro atoms. The second-order valence-corrected chi connectivity index (χ2v) is 4.91. The van der Waals surface area contributed by atoms with Crippen molar-refractivity contribution in [2.24, 2.45) is 5.73 Å². The van der Waals surface area contributed by atoms with Gasteiger partial charge in [-0.2, -0.15) is 11.3 Å². The van der Waals surface area contributed by atoms with Gasteiger partial charge in [0.1, 0.15) is 11.3 Å². The van der Waals surface area contributed by atoms with E-state index in [9.17, 15) is 4.79 Å². The van der Waals surface area contributed by atoms with Crippen LogP contribution in [0.3, 0.4) is 0 Å². The van der Waals surface area contributed by atoms with Gasteiger partial charge in [0, 0.05) is 10.8 Å². The number of fused-ring (bicyclic) bond motifs is 1. The van der Waals surface area contributed by atoms with Crippen LogP contribution in [0.25, 0.3) is 11.0 Å². The molecule has 6 heteroatoms. The van der Waals surface area contributed by atoms with Crippen LogP contribution >= 0.6 is 11.3 Å². The minimum Gasteiger partial charge on any atom is -0.453 e. The maximum Gasteiger partial charge on any atom is 0.344 e. The molecule has 0 aliphatic carbocycles. The molecular formula is C16H16N2O3S.